The fourth-order valence-corrected chi connectivity index (χ4v) is 6.37. The molecule has 2 atom stereocenters. The number of rotatable bonds is 0. The van der Waals surface area contributed by atoms with Crippen molar-refractivity contribution in [1.82, 2.24) is 19.5 Å². The van der Waals surface area contributed by atoms with E-state index in [0.717, 1.165) is 10.5 Å². The Bertz CT molecular complexity index is 724. The minimum Gasteiger partial charge on any atom is -0.322 e. The van der Waals surface area contributed by atoms with E-state index in [1.807, 2.05) is 4.57 Å². The lowest BCUT2D eigenvalue weighted by Crippen LogP contribution is -2.23. The number of nitrogens with zero attached hydrogens (tertiary/aromatic N) is 4. The van der Waals surface area contributed by atoms with Gasteiger partial charge in [0, 0.05) is 5.25 Å². The molecule has 0 spiro atoms. The van der Waals surface area contributed by atoms with Gasteiger partial charge in [-0.15, -0.1) is 0 Å². The number of aromatic nitrogens is 4. The van der Waals surface area contributed by atoms with Crippen LogP contribution >= 0.6 is 11.8 Å². The van der Waals surface area contributed by atoms with E-state index in [0.29, 0.717) is 5.65 Å². The monoisotopic (exact) mass is 268 g/mol. The second kappa shape index (κ2) is 2.99. The molecule has 0 aromatic carbocycles. The van der Waals surface area contributed by atoms with Crippen LogP contribution in [0.4, 0.5) is 0 Å². The van der Waals surface area contributed by atoms with Crippen LogP contribution in [0, 0.1) is 0 Å². The zero-order chi connectivity index (χ0) is 11.6. The molecule has 2 aromatic rings. The zero-order valence-corrected chi connectivity index (χ0v) is 10.3. The smallest absolute Gasteiger partial charge is 0.181 e. The summed E-state index contributed by atoms with van der Waals surface area (Å²) in [5.41, 5.74) is 1.51. The van der Waals surface area contributed by atoms with Crippen molar-refractivity contribution in [3.05, 3.63) is 12.7 Å². The summed E-state index contributed by atoms with van der Waals surface area (Å²) < 4.78 is 25.3. The first kappa shape index (κ1) is 9.84. The summed E-state index contributed by atoms with van der Waals surface area (Å²) in [6.07, 6.45) is 3.16. The molecule has 0 bridgehead atoms. The van der Waals surface area contributed by atoms with Crippen molar-refractivity contribution in [2.45, 2.75) is 16.3 Å². The Morgan fingerprint density at radius 3 is 3.06 bits per heavy atom. The molecule has 0 radical (unpaired) electrons. The Hall–Kier alpha value is -1.15. The fourth-order valence-electron chi connectivity index (χ4n) is 2.50. The SMILES string of the molecule is O=S1(=O)C[C@@H]2[C@@H](C1)Sc1ncnc3ncn2c13. The van der Waals surface area contributed by atoms with Crippen LogP contribution in [0.3, 0.4) is 0 Å². The number of hydrogen-bond donors (Lipinski definition) is 0. The molecule has 2 aliphatic heterocycles. The quantitative estimate of drug-likeness (QED) is 0.638. The molecule has 1 fully saturated rings. The van der Waals surface area contributed by atoms with E-state index in [1.54, 1.807) is 6.33 Å². The summed E-state index contributed by atoms with van der Waals surface area (Å²) >= 11 is 1.54. The highest BCUT2D eigenvalue weighted by Crippen LogP contribution is 2.44. The van der Waals surface area contributed by atoms with Gasteiger partial charge in [-0.3, -0.25) is 0 Å². The van der Waals surface area contributed by atoms with Crippen molar-refractivity contribution >= 4 is 32.8 Å². The van der Waals surface area contributed by atoms with Crippen molar-refractivity contribution < 1.29 is 8.42 Å². The molecular weight excluding hydrogens is 260 g/mol. The van der Waals surface area contributed by atoms with E-state index in [2.05, 4.69) is 15.0 Å². The van der Waals surface area contributed by atoms with Gasteiger partial charge in [0.2, 0.25) is 0 Å². The summed E-state index contributed by atoms with van der Waals surface area (Å²) in [4.78, 5) is 12.5. The highest BCUT2D eigenvalue weighted by Gasteiger charge is 2.43. The Kier molecular flexibility index (Phi) is 1.73. The Morgan fingerprint density at radius 2 is 2.18 bits per heavy atom. The zero-order valence-electron chi connectivity index (χ0n) is 8.65. The van der Waals surface area contributed by atoms with Crippen LogP contribution in [0.2, 0.25) is 0 Å². The number of thioether (sulfide) groups is 1. The maximum Gasteiger partial charge on any atom is 0.181 e. The van der Waals surface area contributed by atoms with Crippen molar-refractivity contribution in [3.8, 4) is 0 Å². The fraction of sp³-hybridized carbons (Fsp3) is 0.444. The maximum atomic E-state index is 11.7. The first-order valence-corrected chi connectivity index (χ1v) is 7.89. The van der Waals surface area contributed by atoms with Crippen LogP contribution in [0.5, 0.6) is 0 Å². The summed E-state index contributed by atoms with van der Waals surface area (Å²) in [5.74, 6) is 0.426. The van der Waals surface area contributed by atoms with Gasteiger partial charge >= 0.3 is 0 Å². The van der Waals surface area contributed by atoms with E-state index < -0.39 is 9.84 Å². The van der Waals surface area contributed by atoms with E-state index in [-0.39, 0.29) is 22.8 Å². The first-order valence-electron chi connectivity index (χ1n) is 5.19. The van der Waals surface area contributed by atoms with Gasteiger partial charge in [0.05, 0.1) is 23.9 Å². The van der Waals surface area contributed by atoms with Gasteiger partial charge in [0.25, 0.3) is 0 Å². The molecule has 1 saturated heterocycles. The lowest BCUT2D eigenvalue weighted by atomic mass is 10.2. The molecule has 2 aliphatic rings. The van der Waals surface area contributed by atoms with Gasteiger partial charge in [-0.05, 0) is 0 Å². The van der Waals surface area contributed by atoms with Crippen LogP contribution in [0.15, 0.2) is 17.7 Å². The van der Waals surface area contributed by atoms with Crippen LogP contribution in [0.25, 0.3) is 11.2 Å². The molecule has 4 rings (SSSR count). The summed E-state index contributed by atoms with van der Waals surface area (Å²) in [7, 11) is -2.94. The summed E-state index contributed by atoms with van der Waals surface area (Å²) in [5, 5.41) is 0.894. The van der Waals surface area contributed by atoms with E-state index in [4.69, 9.17) is 0 Å². The van der Waals surface area contributed by atoms with Crippen LogP contribution in [0.1, 0.15) is 6.04 Å². The molecule has 8 heteroatoms. The maximum absolute atomic E-state index is 11.7. The van der Waals surface area contributed by atoms with Gasteiger partial charge in [0.15, 0.2) is 15.5 Å². The Balaban J connectivity index is 2.00. The van der Waals surface area contributed by atoms with E-state index in [1.165, 1.54) is 18.1 Å². The molecular formula is C9H8N4O2S2. The number of imidazole rings is 1. The minimum atomic E-state index is -2.94. The topological polar surface area (TPSA) is 77.7 Å². The van der Waals surface area contributed by atoms with Crippen molar-refractivity contribution in [2.24, 2.45) is 0 Å². The third-order valence-electron chi connectivity index (χ3n) is 3.22. The van der Waals surface area contributed by atoms with Crippen LogP contribution in [-0.2, 0) is 9.84 Å². The molecule has 2 aromatic heterocycles. The van der Waals surface area contributed by atoms with E-state index in [9.17, 15) is 8.42 Å². The molecule has 0 unspecified atom stereocenters. The molecule has 0 saturated carbocycles. The largest absolute Gasteiger partial charge is 0.322 e. The van der Waals surface area contributed by atoms with Crippen molar-refractivity contribution in [2.75, 3.05) is 11.5 Å². The second-order valence-corrected chi connectivity index (χ2v) is 7.69. The van der Waals surface area contributed by atoms with Gasteiger partial charge < -0.3 is 4.57 Å². The lowest BCUT2D eigenvalue weighted by Gasteiger charge is -2.24. The Morgan fingerprint density at radius 1 is 1.29 bits per heavy atom. The summed E-state index contributed by atoms with van der Waals surface area (Å²) in [6, 6.07) is -0.0199. The highest BCUT2D eigenvalue weighted by molar-refractivity contribution is 8.02. The molecule has 0 N–H and O–H groups in total. The van der Waals surface area contributed by atoms with Gasteiger partial charge in [-0.1, -0.05) is 11.8 Å². The molecule has 88 valence electrons. The predicted molar refractivity (Wildman–Crippen MR) is 62.7 cm³/mol. The highest BCUT2D eigenvalue weighted by atomic mass is 32.2. The van der Waals surface area contributed by atoms with Gasteiger partial charge in [-0.25, -0.2) is 23.4 Å². The lowest BCUT2D eigenvalue weighted by molar-refractivity contribution is 0.567. The molecule has 0 amide bonds. The number of sulfone groups is 1. The van der Waals surface area contributed by atoms with Crippen LogP contribution < -0.4 is 0 Å². The Labute approximate surface area is 101 Å². The average molecular weight is 268 g/mol. The second-order valence-electron chi connectivity index (χ2n) is 4.30. The third-order valence-corrected chi connectivity index (χ3v) is 6.46. The number of fused-ring (bicyclic) bond motifs is 2. The van der Waals surface area contributed by atoms with Crippen molar-refractivity contribution in [3.63, 3.8) is 0 Å². The molecule has 6 nitrogen and oxygen atoms in total. The van der Waals surface area contributed by atoms with Gasteiger partial charge in [-0.2, -0.15) is 0 Å². The summed E-state index contributed by atoms with van der Waals surface area (Å²) in [6.45, 7) is 0. The predicted octanol–water partition coefficient (Wildman–Crippen LogP) is 0.270. The first-order chi connectivity index (χ1) is 8.14. The molecule has 4 heterocycles. The standard InChI is InChI=1S/C9H8N4O2S2/c14-17(15)1-5-6(2-17)16-9-7-8(10-3-11-9)12-4-13(5)7/h3-6H,1-2H2/t5-,6-/m1/s1. The third kappa shape index (κ3) is 1.28. The number of hydrogen-bond acceptors (Lipinski definition) is 6. The molecule has 0 aliphatic carbocycles. The average Bonchev–Trinajstić information content (AvgIpc) is 2.80. The van der Waals surface area contributed by atoms with Crippen molar-refractivity contribution in [1.29, 1.82) is 0 Å². The van der Waals surface area contributed by atoms with Gasteiger partial charge in [0.1, 0.15) is 16.9 Å². The normalized spacial score (nSPS) is 29.4. The minimum absolute atomic E-state index is 0.0199. The van der Waals surface area contributed by atoms with E-state index >= 15 is 0 Å². The van der Waals surface area contributed by atoms with Crippen LogP contribution in [-0.4, -0.2) is 44.7 Å². The molecule has 17 heavy (non-hydrogen) atoms.